The first-order valence-corrected chi connectivity index (χ1v) is 5.37. The molecule has 13 heavy (non-hydrogen) atoms. The summed E-state index contributed by atoms with van der Waals surface area (Å²) >= 11 is 1.62. The van der Waals surface area contributed by atoms with Crippen LogP contribution in [0, 0.1) is 12.8 Å². The second-order valence-electron chi connectivity index (χ2n) is 3.77. The third-order valence-electron chi connectivity index (χ3n) is 2.76. The topological polar surface area (TPSA) is 29.5 Å². The minimum Gasteiger partial charge on any atom is -0.382 e. The lowest BCUT2D eigenvalue weighted by atomic mass is 9.89. The van der Waals surface area contributed by atoms with Crippen molar-refractivity contribution in [1.29, 1.82) is 0 Å². The van der Waals surface area contributed by atoms with E-state index in [9.17, 15) is 5.11 Å². The van der Waals surface area contributed by atoms with Gasteiger partial charge in [-0.15, -0.1) is 11.3 Å². The predicted octanol–water partition coefficient (Wildman–Crippen LogP) is 1.91. The average molecular weight is 198 g/mol. The van der Waals surface area contributed by atoms with Crippen molar-refractivity contribution < 1.29 is 9.84 Å². The molecule has 0 bridgehead atoms. The molecule has 2 unspecified atom stereocenters. The maximum absolute atomic E-state index is 10.4. The van der Waals surface area contributed by atoms with E-state index in [1.54, 1.807) is 11.3 Å². The van der Waals surface area contributed by atoms with Gasteiger partial charge in [-0.05, 0) is 23.9 Å². The molecule has 1 aromatic heterocycles. The van der Waals surface area contributed by atoms with Crippen molar-refractivity contribution in [3.63, 3.8) is 0 Å². The normalized spacial score (nSPS) is 33.9. The lowest BCUT2D eigenvalue weighted by Crippen LogP contribution is -2.32. The number of thiophene rings is 1. The second kappa shape index (κ2) is 3.08. The van der Waals surface area contributed by atoms with E-state index in [1.165, 1.54) is 5.56 Å². The summed E-state index contributed by atoms with van der Waals surface area (Å²) in [5.74, 6) is 0.199. The van der Waals surface area contributed by atoms with Crippen molar-refractivity contribution in [2.45, 2.75) is 19.4 Å². The summed E-state index contributed by atoms with van der Waals surface area (Å²) in [5.41, 5.74) is 0.433. The molecule has 1 fully saturated rings. The van der Waals surface area contributed by atoms with E-state index in [0.29, 0.717) is 13.2 Å². The first-order chi connectivity index (χ1) is 6.14. The summed E-state index contributed by atoms with van der Waals surface area (Å²) in [4.78, 5) is 1.07. The van der Waals surface area contributed by atoms with Crippen LogP contribution >= 0.6 is 11.3 Å². The Hall–Kier alpha value is -0.380. The minimum atomic E-state index is -0.738. The van der Waals surface area contributed by atoms with E-state index in [0.717, 1.165) is 4.88 Å². The molecule has 0 saturated carbocycles. The molecule has 3 heteroatoms. The smallest absolute Gasteiger partial charge is 0.127 e. The highest BCUT2D eigenvalue weighted by molar-refractivity contribution is 7.10. The fourth-order valence-electron chi connectivity index (χ4n) is 1.78. The van der Waals surface area contributed by atoms with Crippen LogP contribution in [0.4, 0.5) is 0 Å². The van der Waals surface area contributed by atoms with E-state index in [4.69, 9.17) is 4.74 Å². The van der Waals surface area contributed by atoms with Crippen LogP contribution in [-0.4, -0.2) is 18.3 Å². The summed E-state index contributed by atoms with van der Waals surface area (Å²) in [5, 5.41) is 12.4. The Balaban J connectivity index is 2.39. The fourth-order valence-corrected chi connectivity index (χ4v) is 2.90. The van der Waals surface area contributed by atoms with Crippen molar-refractivity contribution >= 4 is 11.3 Å². The summed E-state index contributed by atoms with van der Waals surface area (Å²) in [6.45, 7) is 5.17. The van der Waals surface area contributed by atoms with Crippen molar-refractivity contribution in [2.24, 2.45) is 5.92 Å². The van der Waals surface area contributed by atoms with Crippen molar-refractivity contribution in [3.8, 4) is 0 Å². The molecule has 1 N–H and O–H groups in total. The molecule has 0 radical (unpaired) electrons. The third-order valence-corrected chi connectivity index (χ3v) is 3.94. The molecule has 2 rings (SSSR count). The maximum atomic E-state index is 10.4. The van der Waals surface area contributed by atoms with Gasteiger partial charge < -0.3 is 9.84 Å². The Kier molecular flexibility index (Phi) is 2.18. The SMILES string of the molecule is Cc1ccsc1C1(O)COCC1C. The Morgan fingerprint density at radius 1 is 1.69 bits per heavy atom. The van der Waals surface area contributed by atoms with Gasteiger partial charge in [-0.2, -0.15) is 0 Å². The van der Waals surface area contributed by atoms with Gasteiger partial charge in [0.1, 0.15) is 5.60 Å². The summed E-state index contributed by atoms with van der Waals surface area (Å²) in [6, 6.07) is 2.04. The Bertz CT molecular complexity index is 308. The molecule has 2 atom stereocenters. The molecule has 1 aliphatic rings. The van der Waals surface area contributed by atoms with E-state index in [1.807, 2.05) is 25.3 Å². The Morgan fingerprint density at radius 3 is 2.92 bits per heavy atom. The Labute approximate surface area is 82.2 Å². The van der Waals surface area contributed by atoms with Crippen LogP contribution < -0.4 is 0 Å². The molecule has 1 aromatic rings. The molecule has 2 nitrogen and oxygen atoms in total. The van der Waals surface area contributed by atoms with Gasteiger partial charge in [-0.3, -0.25) is 0 Å². The first-order valence-electron chi connectivity index (χ1n) is 4.49. The molecule has 0 spiro atoms. The molecule has 1 saturated heterocycles. The fraction of sp³-hybridized carbons (Fsp3) is 0.600. The van der Waals surface area contributed by atoms with Crippen molar-refractivity contribution in [3.05, 3.63) is 21.9 Å². The average Bonchev–Trinajstić information content (AvgIpc) is 2.62. The van der Waals surface area contributed by atoms with Gasteiger partial charge in [0.05, 0.1) is 13.2 Å². The van der Waals surface area contributed by atoms with Gasteiger partial charge in [-0.25, -0.2) is 0 Å². The van der Waals surface area contributed by atoms with Crippen molar-refractivity contribution in [1.82, 2.24) is 0 Å². The molecule has 0 amide bonds. The van der Waals surface area contributed by atoms with Crippen LogP contribution in [0.5, 0.6) is 0 Å². The van der Waals surface area contributed by atoms with E-state index in [-0.39, 0.29) is 5.92 Å². The lowest BCUT2D eigenvalue weighted by Gasteiger charge is -2.25. The molecule has 0 aliphatic carbocycles. The van der Waals surface area contributed by atoms with E-state index in [2.05, 4.69) is 0 Å². The zero-order valence-electron chi connectivity index (χ0n) is 7.91. The van der Waals surface area contributed by atoms with Crippen LogP contribution in [0.25, 0.3) is 0 Å². The lowest BCUT2D eigenvalue weighted by molar-refractivity contribution is 0.00371. The van der Waals surface area contributed by atoms with Gasteiger partial charge in [0.15, 0.2) is 0 Å². The van der Waals surface area contributed by atoms with Gasteiger partial charge in [-0.1, -0.05) is 6.92 Å². The number of hydrogen-bond donors (Lipinski definition) is 1. The maximum Gasteiger partial charge on any atom is 0.127 e. The highest BCUT2D eigenvalue weighted by Crippen LogP contribution is 2.39. The zero-order valence-corrected chi connectivity index (χ0v) is 8.73. The van der Waals surface area contributed by atoms with Gasteiger partial charge in [0, 0.05) is 10.8 Å². The highest BCUT2D eigenvalue weighted by Gasteiger charge is 2.42. The van der Waals surface area contributed by atoms with Crippen LogP contribution in [0.3, 0.4) is 0 Å². The number of ether oxygens (including phenoxy) is 1. The molecule has 2 heterocycles. The zero-order chi connectivity index (χ0) is 9.47. The molecular formula is C10H14O2S. The standard InChI is InChI=1S/C10H14O2S/c1-7-3-4-13-9(7)10(11)6-12-5-8(10)2/h3-4,8,11H,5-6H2,1-2H3. The first kappa shape index (κ1) is 9.19. The molecule has 0 aromatic carbocycles. The molecule has 1 aliphatic heterocycles. The Morgan fingerprint density at radius 2 is 2.46 bits per heavy atom. The number of hydrogen-bond acceptors (Lipinski definition) is 3. The molecule has 72 valence electrons. The monoisotopic (exact) mass is 198 g/mol. The number of rotatable bonds is 1. The van der Waals surface area contributed by atoms with E-state index < -0.39 is 5.60 Å². The second-order valence-corrected chi connectivity index (χ2v) is 4.69. The number of aliphatic hydroxyl groups is 1. The number of aryl methyl sites for hydroxylation is 1. The predicted molar refractivity (Wildman–Crippen MR) is 52.9 cm³/mol. The highest BCUT2D eigenvalue weighted by atomic mass is 32.1. The van der Waals surface area contributed by atoms with Gasteiger partial charge >= 0.3 is 0 Å². The van der Waals surface area contributed by atoms with Gasteiger partial charge in [0.2, 0.25) is 0 Å². The van der Waals surface area contributed by atoms with Gasteiger partial charge in [0.25, 0.3) is 0 Å². The van der Waals surface area contributed by atoms with Crippen molar-refractivity contribution in [2.75, 3.05) is 13.2 Å². The molecular weight excluding hydrogens is 184 g/mol. The third kappa shape index (κ3) is 1.31. The summed E-state index contributed by atoms with van der Waals surface area (Å²) in [7, 11) is 0. The largest absolute Gasteiger partial charge is 0.382 e. The van der Waals surface area contributed by atoms with Crippen LogP contribution in [-0.2, 0) is 10.3 Å². The van der Waals surface area contributed by atoms with Crippen LogP contribution in [0.1, 0.15) is 17.4 Å². The quantitative estimate of drug-likeness (QED) is 0.747. The van der Waals surface area contributed by atoms with Crippen LogP contribution in [0.15, 0.2) is 11.4 Å². The van der Waals surface area contributed by atoms with E-state index >= 15 is 0 Å². The minimum absolute atomic E-state index is 0.199. The van der Waals surface area contributed by atoms with Crippen LogP contribution in [0.2, 0.25) is 0 Å². The summed E-state index contributed by atoms with van der Waals surface area (Å²) in [6.07, 6.45) is 0. The summed E-state index contributed by atoms with van der Waals surface area (Å²) < 4.78 is 5.31.